The number of hydrogen-bond acceptors (Lipinski definition) is 4. The Kier molecular flexibility index (Phi) is 6.79. The van der Waals surface area contributed by atoms with Gasteiger partial charge in [0.1, 0.15) is 0 Å². The van der Waals surface area contributed by atoms with Gasteiger partial charge in [-0.05, 0) is 31.5 Å². The molecule has 0 bridgehead atoms. The topological polar surface area (TPSA) is 69.7 Å². The van der Waals surface area contributed by atoms with Gasteiger partial charge in [-0.15, -0.1) is 0 Å². The van der Waals surface area contributed by atoms with Gasteiger partial charge in [-0.25, -0.2) is 8.42 Å². The summed E-state index contributed by atoms with van der Waals surface area (Å²) in [6, 6.07) is 6.89. The second-order valence-electron chi connectivity index (χ2n) is 6.01. The summed E-state index contributed by atoms with van der Waals surface area (Å²) in [6.45, 7) is 6.21. The molecule has 0 spiro atoms. The molecule has 1 heterocycles. The van der Waals surface area contributed by atoms with Crippen LogP contribution < -0.4 is 5.32 Å². The predicted octanol–water partition coefficient (Wildman–Crippen LogP) is 1.67. The Morgan fingerprint density at radius 1 is 1.29 bits per heavy atom. The van der Waals surface area contributed by atoms with Crippen molar-refractivity contribution in [1.29, 1.82) is 0 Å². The molecule has 0 aromatic heterocycles. The number of carbonyl (C=O) groups is 1. The van der Waals surface area contributed by atoms with Crippen LogP contribution in [0.4, 0.5) is 0 Å². The molecule has 1 aliphatic heterocycles. The molecule has 1 fully saturated rings. The summed E-state index contributed by atoms with van der Waals surface area (Å²) in [5, 5.41) is 2.93. The van der Waals surface area contributed by atoms with Crippen LogP contribution in [0.2, 0.25) is 0 Å². The van der Waals surface area contributed by atoms with Crippen LogP contribution in [0.1, 0.15) is 20.3 Å². The van der Waals surface area contributed by atoms with E-state index in [-0.39, 0.29) is 11.9 Å². The zero-order valence-electron chi connectivity index (χ0n) is 14.0. The molecule has 0 radical (unpaired) electrons. The van der Waals surface area contributed by atoms with E-state index in [2.05, 4.69) is 21.2 Å². The van der Waals surface area contributed by atoms with Crippen molar-refractivity contribution < 1.29 is 13.2 Å². The lowest BCUT2D eigenvalue weighted by Crippen LogP contribution is -2.51. The van der Waals surface area contributed by atoms with Crippen LogP contribution in [0, 0.1) is 0 Å². The summed E-state index contributed by atoms with van der Waals surface area (Å²) < 4.78 is 27.5. The third-order valence-corrected chi connectivity index (χ3v) is 6.54. The van der Waals surface area contributed by atoms with Gasteiger partial charge in [0.2, 0.25) is 15.9 Å². The number of benzene rings is 1. The fourth-order valence-corrected chi connectivity index (χ4v) is 4.55. The zero-order chi connectivity index (χ0) is 17.7. The molecule has 1 aromatic carbocycles. The number of hydrogen-bond donors (Lipinski definition) is 1. The van der Waals surface area contributed by atoms with E-state index in [0.29, 0.717) is 37.6 Å². The number of rotatable bonds is 6. The standard InChI is InChI=1S/C16H24BrN3O3S/c1-3-13(2)18-16(21)12-19-7-9-20(10-8-19)24(22,23)15-6-4-5-14(17)11-15/h4-6,11,13H,3,7-10,12H2,1-2H3,(H,18,21)/t13-/m0/s1. The highest BCUT2D eigenvalue weighted by molar-refractivity contribution is 9.10. The van der Waals surface area contributed by atoms with E-state index in [1.54, 1.807) is 24.3 Å². The van der Waals surface area contributed by atoms with Crippen molar-refractivity contribution in [2.45, 2.75) is 31.2 Å². The van der Waals surface area contributed by atoms with Crippen molar-refractivity contribution >= 4 is 31.9 Å². The van der Waals surface area contributed by atoms with Crippen LogP contribution in [0.25, 0.3) is 0 Å². The van der Waals surface area contributed by atoms with Gasteiger partial charge in [-0.1, -0.05) is 28.9 Å². The van der Waals surface area contributed by atoms with E-state index < -0.39 is 10.0 Å². The number of nitrogens with one attached hydrogen (secondary N) is 1. The summed E-state index contributed by atoms with van der Waals surface area (Å²) in [5.74, 6) is -0.00681. The highest BCUT2D eigenvalue weighted by Crippen LogP contribution is 2.21. The normalized spacial score (nSPS) is 18.3. The molecule has 0 saturated carbocycles. The number of amides is 1. The molecule has 1 saturated heterocycles. The van der Waals surface area contributed by atoms with Crippen LogP contribution in [0.5, 0.6) is 0 Å². The first-order valence-electron chi connectivity index (χ1n) is 8.10. The first-order chi connectivity index (χ1) is 11.3. The van der Waals surface area contributed by atoms with Gasteiger partial charge in [0, 0.05) is 36.7 Å². The third kappa shape index (κ3) is 5.02. The molecule has 1 N–H and O–H groups in total. The first-order valence-corrected chi connectivity index (χ1v) is 10.3. The summed E-state index contributed by atoms with van der Waals surface area (Å²) >= 11 is 3.31. The van der Waals surface area contributed by atoms with Crippen molar-refractivity contribution in [1.82, 2.24) is 14.5 Å². The van der Waals surface area contributed by atoms with Crippen molar-refractivity contribution in [2.24, 2.45) is 0 Å². The summed E-state index contributed by atoms with van der Waals surface area (Å²) in [6.07, 6.45) is 0.893. The van der Waals surface area contributed by atoms with Gasteiger partial charge in [0.25, 0.3) is 0 Å². The minimum absolute atomic E-state index is 0.00681. The molecule has 0 unspecified atom stereocenters. The molecule has 1 amide bonds. The van der Waals surface area contributed by atoms with Crippen LogP contribution >= 0.6 is 15.9 Å². The van der Waals surface area contributed by atoms with E-state index in [4.69, 9.17) is 0 Å². The van der Waals surface area contributed by atoms with Crippen LogP contribution in [-0.2, 0) is 14.8 Å². The van der Waals surface area contributed by atoms with E-state index in [1.807, 2.05) is 18.7 Å². The smallest absolute Gasteiger partial charge is 0.243 e. The Labute approximate surface area is 152 Å². The van der Waals surface area contributed by atoms with Gasteiger partial charge < -0.3 is 5.32 Å². The second-order valence-corrected chi connectivity index (χ2v) is 8.87. The van der Waals surface area contributed by atoms with Crippen LogP contribution in [0.3, 0.4) is 0 Å². The monoisotopic (exact) mass is 417 g/mol. The Bertz CT molecular complexity index is 673. The molecular weight excluding hydrogens is 394 g/mol. The summed E-state index contributed by atoms with van der Waals surface area (Å²) in [5.41, 5.74) is 0. The largest absolute Gasteiger partial charge is 0.353 e. The molecule has 1 atom stereocenters. The van der Waals surface area contributed by atoms with Crippen molar-refractivity contribution in [3.05, 3.63) is 28.7 Å². The number of halogens is 1. The maximum absolute atomic E-state index is 12.7. The molecule has 2 rings (SSSR count). The van der Waals surface area contributed by atoms with Crippen molar-refractivity contribution in [3.8, 4) is 0 Å². The second kappa shape index (κ2) is 8.42. The van der Waals surface area contributed by atoms with E-state index >= 15 is 0 Å². The van der Waals surface area contributed by atoms with Gasteiger partial charge in [0.15, 0.2) is 0 Å². The number of sulfonamides is 1. The SMILES string of the molecule is CC[C@H](C)NC(=O)CN1CCN(S(=O)(=O)c2cccc(Br)c2)CC1. The van der Waals surface area contributed by atoms with Gasteiger partial charge >= 0.3 is 0 Å². The van der Waals surface area contributed by atoms with Crippen molar-refractivity contribution in [2.75, 3.05) is 32.7 Å². The molecular formula is C16H24BrN3O3S. The maximum Gasteiger partial charge on any atom is 0.243 e. The van der Waals surface area contributed by atoms with Gasteiger partial charge in [0.05, 0.1) is 11.4 Å². The number of nitrogens with zero attached hydrogens (tertiary/aromatic N) is 2. The van der Waals surface area contributed by atoms with Crippen LogP contribution in [0.15, 0.2) is 33.6 Å². The average Bonchev–Trinajstić information content (AvgIpc) is 2.55. The minimum Gasteiger partial charge on any atom is -0.353 e. The van der Waals surface area contributed by atoms with Crippen molar-refractivity contribution in [3.63, 3.8) is 0 Å². The number of piperazine rings is 1. The van der Waals surface area contributed by atoms with Gasteiger partial charge in [-0.2, -0.15) is 4.31 Å². The zero-order valence-corrected chi connectivity index (χ0v) is 16.4. The molecule has 8 heteroatoms. The Morgan fingerprint density at radius 2 is 1.96 bits per heavy atom. The number of carbonyl (C=O) groups excluding carboxylic acids is 1. The Hall–Kier alpha value is -0.960. The lowest BCUT2D eigenvalue weighted by Gasteiger charge is -2.33. The molecule has 1 aliphatic rings. The molecule has 134 valence electrons. The molecule has 0 aliphatic carbocycles. The predicted molar refractivity (Wildman–Crippen MR) is 97.2 cm³/mol. The molecule has 1 aromatic rings. The molecule has 6 nitrogen and oxygen atoms in total. The highest BCUT2D eigenvalue weighted by Gasteiger charge is 2.29. The van der Waals surface area contributed by atoms with Gasteiger partial charge in [-0.3, -0.25) is 9.69 Å². The van der Waals surface area contributed by atoms with E-state index in [1.165, 1.54) is 4.31 Å². The average molecular weight is 418 g/mol. The maximum atomic E-state index is 12.7. The van der Waals surface area contributed by atoms with E-state index in [9.17, 15) is 13.2 Å². The fourth-order valence-electron chi connectivity index (χ4n) is 2.53. The summed E-state index contributed by atoms with van der Waals surface area (Å²) in [4.78, 5) is 14.2. The fraction of sp³-hybridized carbons (Fsp3) is 0.562. The van der Waals surface area contributed by atoms with Crippen LogP contribution in [-0.4, -0.2) is 62.3 Å². The van der Waals surface area contributed by atoms with E-state index in [0.717, 1.165) is 10.9 Å². The lowest BCUT2D eigenvalue weighted by molar-refractivity contribution is -0.123. The lowest BCUT2D eigenvalue weighted by atomic mass is 10.2. The highest BCUT2D eigenvalue weighted by atomic mass is 79.9. The minimum atomic E-state index is -3.48. The molecule has 24 heavy (non-hydrogen) atoms. The Morgan fingerprint density at radius 3 is 2.54 bits per heavy atom. The third-order valence-electron chi connectivity index (χ3n) is 4.15. The quantitative estimate of drug-likeness (QED) is 0.763. The first kappa shape index (κ1) is 19.4. The summed E-state index contributed by atoms with van der Waals surface area (Å²) in [7, 11) is -3.48. The Balaban J connectivity index is 1.91.